The first-order valence-electron chi connectivity index (χ1n) is 6.54. The molecule has 0 aromatic heterocycles. The Bertz CT molecular complexity index is 172. The fourth-order valence-corrected chi connectivity index (χ4v) is 2.63. The summed E-state index contributed by atoms with van der Waals surface area (Å²) in [7, 11) is 0. The summed E-state index contributed by atoms with van der Waals surface area (Å²) in [6, 6.07) is 1.18. The fraction of sp³-hybridized carbons (Fsp3) is 1.00. The molecular weight excluding hydrogens is 186 g/mol. The second kappa shape index (κ2) is 6.49. The van der Waals surface area contributed by atoms with Gasteiger partial charge in [-0.25, -0.2) is 0 Å². The summed E-state index contributed by atoms with van der Waals surface area (Å²) in [6.45, 7) is 7.22. The molecule has 0 bridgehead atoms. The molecular formula is C13H27NO. The zero-order valence-electron chi connectivity index (χ0n) is 10.5. The van der Waals surface area contributed by atoms with E-state index in [0.29, 0.717) is 18.7 Å². The van der Waals surface area contributed by atoms with Gasteiger partial charge in [0.05, 0.1) is 0 Å². The van der Waals surface area contributed by atoms with Crippen LogP contribution in [0.4, 0.5) is 0 Å². The number of nitrogens with one attached hydrogen (secondary N) is 1. The third-order valence-corrected chi connectivity index (χ3v) is 3.88. The van der Waals surface area contributed by atoms with E-state index in [0.717, 1.165) is 24.7 Å². The van der Waals surface area contributed by atoms with Crippen LogP contribution in [-0.2, 0) is 0 Å². The third-order valence-electron chi connectivity index (χ3n) is 3.88. The highest BCUT2D eigenvalue weighted by Gasteiger charge is 2.26. The molecule has 0 aliphatic heterocycles. The van der Waals surface area contributed by atoms with Gasteiger partial charge in [-0.15, -0.1) is 0 Å². The summed E-state index contributed by atoms with van der Waals surface area (Å²) in [6.07, 6.45) is 6.07. The quantitative estimate of drug-likeness (QED) is 0.735. The van der Waals surface area contributed by atoms with Crippen LogP contribution < -0.4 is 5.32 Å². The summed E-state index contributed by atoms with van der Waals surface area (Å²) in [4.78, 5) is 0. The van der Waals surface area contributed by atoms with Gasteiger partial charge >= 0.3 is 0 Å². The summed E-state index contributed by atoms with van der Waals surface area (Å²) in [5.74, 6) is 1.67. The maximum atomic E-state index is 8.98. The largest absolute Gasteiger partial charge is 0.396 e. The first-order valence-corrected chi connectivity index (χ1v) is 6.54. The molecule has 90 valence electrons. The molecule has 2 N–H and O–H groups in total. The van der Waals surface area contributed by atoms with Gasteiger partial charge in [0.15, 0.2) is 0 Å². The molecule has 1 aliphatic rings. The lowest BCUT2D eigenvalue weighted by atomic mass is 9.79. The van der Waals surface area contributed by atoms with Gasteiger partial charge in [-0.1, -0.05) is 27.2 Å². The summed E-state index contributed by atoms with van der Waals surface area (Å²) >= 11 is 0. The molecule has 1 fully saturated rings. The summed E-state index contributed by atoms with van der Waals surface area (Å²) in [5.41, 5.74) is 0. The molecule has 2 heteroatoms. The lowest BCUT2D eigenvalue weighted by Gasteiger charge is -2.36. The average molecular weight is 213 g/mol. The van der Waals surface area contributed by atoms with Crippen LogP contribution >= 0.6 is 0 Å². The molecule has 0 amide bonds. The Labute approximate surface area is 94.5 Å². The smallest absolute Gasteiger partial charge is 0.0445 e. The van der Waals surface area contributed by atoms with Crippen molar-refractivity contribution < 1.29 is 5.11 Å². The van der Waals surface area contributed by atoms with Crippen molar-refractivity contribution in [2.24, 2.45) is 11.8 Å². The van der Waals surface area contributed by atoms with Gasteiger partial charge in [0.25, 0.3) is 0 Å². The second-order valence-corrected chi connectivity index (χ2v) is 5.29. The van der Waals surface area contributed by atoms with Crippen LogP contribution in [0.1, 0.15) is 52.9 Å². The van der Waals surface area contributed by atoms with Crippen molar-refractivity contribution in [3.05, 3.63) is 0 Å². The van der Waals surface area contributed by atoms with Crippen molar-refractivity contribution in [1.82, 2.24) is 5.32 Å². The molecule has 0 aromatic carbocycles. The molecule has 1 rings (SSSR count). The van der Waals surface area contributed by atoms with Gasteiger partial charge in [-0.05, 0) is 37.5 Å². The number of rotatable bonds is 5. The van der Waals surface area contributed by atoms with E-state index in [-0.39, 0.29) is 0 Å². The van der Waals surface area contributed by atoms with Crippen LogP contribution in [-0.4, -0.2) is 23.8 Å². The Balaban J connectivity index is 2.39. The maximum Gasteiger partial charge on any atom is 0.0445 e. The van der Waals surface area contributed by atoms with Crippen LogP contribution in [0.3, 0.4) is 0 Å². The van der Waals surface area contributed by atoms with Crippen LogP contribution in [0.25, 0.3) is 0 Å². The number of hydrogen-bond donors (Lipinski definition) is 2. The highest BCUT2D eigenvalue weighted by Crippen LogP contribution is 2.28. The van der Waals surface area contributed by atoms with E-state index in [1.807, 2.05) is 0 Å². The van der Waals surface area contributed by atoms with Gasteiger partial charge in [0, 0.05) is 18.7 Å². The zero-order chi connectivity index (χ0) is 11.3. The molecule has 4 unspecified atom stereocenters. The van der Waals surface area contributed by atoms with Gasteiger partial charge in [-0.3, -0.25) is 0 Å². The van der Waals surface area contributed by atoms with Crippen molar-refractivity contribution in [2.45, 2.75) is 65.0 Å². The van der Waals surface area contributed by atoms with Crippen molar-refractivity contribution in [3.63, 3.8) is 0 Å². The SMILES string of the molecule is CCC(CCO)NC1CC(C)CCC1C. The highest BCUT2D eigenvalue weighted by atomic mass is 16.3. The molecule has 0 aromatic rings. The molecule has 2 nitrogen and oxygen atoms in total. The van der Waals surface area contributed by atoms with E-state index in [2.05, 4.69) is 26.1 Å². The van der Waals surface area contributed by atoms with Crippen molar-refractivity contribution >= 4 is 0 Å². The van der Waals surface area contributed by atoms with Gasteiger partial charge in [-0.2, -0.15) is 0 Å². The highest BCUT2D eigenvalue weighted by molar-refractivity contribution is 4.83. The Morgan fingerprint density at radius 3 is 2.67 bits per heavy atom. The van der Waals surface area contributed by atoms with E-state index in [1.54, 1.807) is 0 Å². The molecule has 0 heterocycles. The van der Waals surface area contributed by atoms with Crippen LogP contribution in [0, 0.1) is 11.8 Å². The minimum atomic E-state index is 0.308. The first kappa shape index (κ1) is 13.0. The summed E-state index contributed by atoms with van der Waals surface area (Å²) < 4.78 is 0. The Hall–Kier alpha value is -0.0800. The van der Waals surface area contributed by atoms with Crippen molar-refractivity contribution in [1.29, 1.82) is 0 Å². The molecule has 1 aliphatic carbocycles. The lowest BCUT2D eigenvalue weighted by molar-refractivity contribution is 0.193. The van der Waals surface area contributed by atoms with E-state index >= 15 is 0 Å². The summed E-state index contributed by atoms with van der Waals surface area (Å²) in [5, 5.41) is 12.7. The molecule has 0 saturated heterocycles. The maximum absolute atomic E-state index is 8.98. The standard InChI is InChI=1S/C13H27NO/c1-4-12(7-8-15)14-13-9-10(2)5-6-11(13)3/h10-15H,4-9H2,1-3H3. The number of hydrogen-bond acceptors (Lipinski definition) is 2. The Morgan fingerprint density at radius 1 is 1.33 bits per heavy atom. The minimum absolute atomic E-state index is 0.308. The predicted molar refractivity (Wildman–Crippen MR) is 64.9 cm³/mol. The fourth-order valence-electron chi connectivity index (χ4n) is 2.63. The van der Waals surface area contributed by atoms with Gasteiger partial charge < -0.3 is 10.4 Å². The number of aliphatic hydroxyl groups excluding tert-OH is 1. The molecule has 1 saturated carbocycles. The lowest BCUT2D eigenvalue weighted by Crippen LogP contribution is -2.45. The van der Waals surface area contributed by atoms with E-state index < -0.39 is 0 Å². The second-order valence-electron chi connectivity index (χ2n) is 5.29. The molecule has 15 heavy (non-hydrogen) atoms. The average Bonchev–Trinajstić information content (AvgIpc) is 2.22. The Morgan fingerprint density at radius 2 is 2.07 bits per heavy atom. The van der Waals surface area contributed by atoms with Crippen molar-refractivity contribution in [3.8, 4) is 0 Å². The Kier molecular flexibility index (Phi) is 5.62. The first-order chi connectivity index (χ1) is 7.17. The van der Waals surface area contributed by atoms with Crippen LogP contribution in [0.5, 0.6) is 0 Å². The zero-order valence-corrected chi connectivity index (χ0v) is 10.5. The predicted octanol–water partition coefficient (Wildman–Crippen LogP) is 2.56. The van der Waals surface area contributed by atoms with Crippen molar-refractivity contribution in [2.75, 3.05) is 6.61 Å². The van der Waals surface area contributed by atoms with Crippen LogP contribution in [0.15, 0.2) is 0 Å². The monoisotopic (exact) mass is 213 g/mol. The van der Waals surface area contributed by atoms with Crippen LogP contribution in [0.2, 0.25) is 0 Å². The van der Waals surface area contributed by atoms with E-state index in [1.165, 1.54) is 19.3 Å². The molecule has 4 atom stereocenters. The normalized spacial score (nSPS) is 34.0. The van der Waals surface area contributed by atoms with E-state index in [4.69, 9.17) is 5.11 Å². The minimum Gasteiger partial charge on any atom is -0.396 e. The number of aliphatic hydroxyl groups is 1. The topological polar surface area (TPSA) is 32.3 Å². The van der Waals surface area contributed by atoms with E-state index in [9.17, 15) is 0 Å². The molecule has 0 spiro atoms. The molecule has 0 radical (unpaired) electrons. The van der Waals surface area contributed by atoms with Gasteiger partial charge in [0.2, 0.25) is 0 Å². The van der Waals surface area contributed by atoms with Gasteiger partial charge in [0.1, 0.15) is 0 Å². The third kappa shape index (κ3) is 4.12.